The lowest BCUT2D eigenvalue weighted by molar-refractivity contribution is -0.134. The Morgan fingerprint density at radius 3 is 2.13 bits per heavy atom. The van der Waals surface area contributed by atoms with Gasteiger partial charge in [-0.05, 0) is 51.3 Å². The van der Waals surface area contributed by atoms with Gasteiger partial charge in [-0.3, -0.25) is 9.59 Å². The summed E-state index contributed by atoms with van der Waals surface area (Å²) in [7, 11) is 2.00. The highest BCUT2D eigenvalue weighted by atomic mass is 16.5. The van der Waals surface area contributed by atoms with Crippen molar-refractivity contribution in [2.45, 2.75) is 83.3 Å². The molecule has 6 nitrogen and oxygen atoms in total. The molecule has 6 heteroatoms. The monoisotopic (exact) mass is 433 g/mol. The number of hydrogen-bond acceptors (Lipinski definition) is 4. The van der Waals surface area contributed by atoms with Crippen LogP contribution in [0.5, 0.6) is 0 Å². The largest absolute Gasteiger partial charge is 0.364 e. The van der Waals surface area contributed by atoms with E-state index in [-0.39, 0.29) is 5.91 Å². The van der Waals surface area contributed by atoms with Crippen molar-refractivity contribution >= 4 is 12.3 Å². The van der Waals surface area contributed by atoms with E-state index in [1.807, 2.05) is 37.4 Å². The Morgan fingerprint density at radius 2 is 1.48 bits per heavy atom. The lowest BCUT2D eigenvalue weighted by Crippen LogP contribution is -2.37. The number of hydrogen-bond donors (Lipinski definition) is 3. The first-order valence-electron chi connectivity index (χ1n) is 12.0. The molecule has 0 heterocycles. The molecule has 0 spiro atoms. The molecule has 0 bridgehead atoms. The molecule has 0 aliphatic carbocycles. The zero-order valence-electron chi connectivity index (χ0n) is 19.4. The summed E-state index contributed by atoms with van der Waals surface area (Å²) in [6.07, 6.45) is 12.5. The Morgan fingerprint density at radius 1 is 0.871 bits per heavy atom. The lowest BCUT2D eigenvalue weighted by atomic mass is 10.1. The summed E-state index contributed by atoms with van der Waals surface area (Å²) in [5, 5.41) is 8.90. The molecular weight excluding hydrogens is 390 g/mol. The molecule has 1 atom stereocenters. The van der Waals surface area contributed by atoms with Crippen LogP contribution in [0.2, 0.25) is 0 Å². The predicted octanol–water partition coefficient (Wildman–Crippen LogP) is 3.94. The smallest absolute Gasteiger partial charge is 0.249 e. The van der Waals surface area contributed by atoms with Crippen molar-refractivity contribution in [1.82, 2.24) is 16.0 Å². The summed E-state index contributed by atoms with van der Waals surface area (Å²) < 4.78 is 5.94. The second-order valence-electron chi connectivity index (χ2n) is 8.08. The van der Waals surface area contributed by atoms with E-state index in [4.69, 9.17) is 4.74 Å². The summed E-state index contributed by atoms with van der Waals surface area (Å²) in [5.41, 5.74) is 1.06. The minimum Gasteiger partial charge on any atom is -0.364 e. The maximum Gasteiger partial charge on any atom is 0.249 e. The minimum atomic E-state index is -0.450. The van der Waals surface area contributed by atoms with Crippen LogP contribution in [-0.4, -0.2) is 45.1 Å². The third-order valence-corrected chi connectivity index (χ3v) is 5.36. The van der Waals surface area contributed by atoms with Crippen LogP contribution in [0, 0.1) is 0 Å². The maximum atomic E-state index is 12.6. The SMILES string of the molecule is CNCCCCCCCCCCNC(=O)C(CCCCNC=O)OCc1ccccc1. The zero-order chi connectivity index (χ0) is 22.4. The molecule has 0 aromatic heterocycles. The fourth-order valence-corrected chi connectivity index (χ4v) is 3.49. The first-order chi connectivity index (χ1) is 15.3. The van der Waals surface area contributed by atoms with Gasteiger partial charge in [-0.15, -0.1) is 0 Å². The molecule has 2 amide bonds. The van der Waals surface area contributed by atoms with Crippen LogP contribution in [0.1, 0.15) is 76.2 Å². The third kappa shape index (κ3) is 15.5. The normalized spacial score (nSPS) is 11.8. The number of unbranched alkanes of at least 4 members (excludes halogenated alkanes) is 8. The van der Waals surface area contributed by atoms with Crippen molar-refractivity contribution in [3.8, 4) is 0 Å². The fourth-order valence-electron chi connectivity index (χ4n) is 3.49. The van der Waals surface area contributed by atoms with Crippen molar-refractivity contribution in [2.75, 3.05) is 26.7 Å². The summed E-state index contributed by atoms with van der Waals surface area (Å²) in [6.45, 7) is 2.89. The topological polar surface area (TPSA) is 79.5 Å². The van der Waals surface area contributed by atoms with Crippen molar-refractivity contribution in [3.63, 3.8) is 0 Å². The van der Waals surface area contributed by atoms with E-state index in [0.717, 1.165) is 37.8 Å². The van der Waals surface area contributed by atoms with Crippen molar-refractivity contribution < 1.29 is 14.3 Å². The van der Waals surface area contributed by atoms with Crippen LogP contribution in [0.25, 0.3) is 0 Å². The third-order valence-electron chi connectivity index (χ3n) is 5.36. The van der Waals surface area contributed by atoms with E-state index in [2.05, 4.69) is 16.0 Å². The van der Waals surface area contributed by atoms with Crippen molar-refractivity contribution in [3.05, 3.63) is 35.9 Å². The van der Waals surface area contributed by atoms with Gasteiger partial charge in [0.25, 0.3) is 0 Å². The van der Waals surface area contributed by atoms with Gasteiger partial charge in [0.2, 0.25) is 12.3 Å². The molecule has 1 unspecified atom stereocenters. The Hall–Kier alpha value is -1.92. The van der Waals surface area contributed by atoms with E-state index < -0.39 is 6.10 Å². The molecule has 1 aromatic carbocycles. The number of carbonyl (C=O) groups excluding carboxylic acids is 2. The molecular formula is C25H43N3O3. The van der Waals surface area contributed by atoms with E-state index in [1.165, 1.54) is 38.5 Å². The van der Waals surface area contributed by atoms with Gasteiger partial charge in [0, 0.05) is 13.1 Å². The first kappa shape index (κ1) is 27.1. The van der Waals surface area contributed by atoms with Crippen LogP contribution in [-0.2, 0) is 20.9 Å². The van der Waals surface area contributed by atoms with Gasteiger partial charge in [0.1, 0.15) is 6.10 Å². The Balaban J connectivity index is 2.20. The molecule has 176 valence electrons. The number of nitrogens with one attached hydrogen (secondary N) is 3. The van der Waals surface area contributed by atoms with Crippen molar-refractivity contribution in [1.29, 1.82) is 0 Å². The molecule has 0 radical (unpaired) electrons. The van der Waals surface area contributed by atoms with Crippen LogP contribution in [0.3, 0.4) is 0 Å². The Kier molecular flexibility index (Phi) is 17.5. The summed E-state index contributed by atoms with van der Waals surface area (Å²) in [4.78, 5) is 23.0. The fraction of sp³-hybridized carbons (Fsp3) is 0.680. The standard InChI is InChI=1S/C25H43N3O3/c1-26-18-12-6-4-2-3-5-7-13-20-28-25(30)24(17-11-14-19-27-22-29)31-21-23-15-9-8-10-16-23/h8-10,15-16,22,24,26H,2-7,11-14,17-21H2,1H3,(H,27,29)(H,28,30). The summed E-state index contributed by atoms with van der Waals surface area (Å²) >= 11 is 0. The Bertz CT molecular complexity index is 554. The van der Waals surface area contributed by atoms with Crippen LogP contribution >= 0.6 is 0 Å². The number of carbonyl (C=O) groups is 2. The van der Waals surface area contributed by atoms with Crippen LogP contribution < -0.4 is 16.0 Å². The van der Waals surface area contributed by atoms with E-state index in [1.54, 1.807) is 0 Å². The maximum absolute atomic E-state index is 12.6. The highest BCUT2D eigenvalue weighted by Gasteiger charge is 2.18. The quantitative estimate of drug-likeness (QED) is 0.203. The van der Waals surface area contributed by atoms with Gasteiger partial charge in [0.05, 0.1) is 6.61 Å². The minimum absolute atomic E-state index is 0.0242. The highest BCUT2D eigenvalue weighted by Crippen LogP contribution is 2.11. The summed E-state index contributed by atoms with van der Waals surface area (Å²) in [5.74, 6) is -0.0242. The Labute approximate surface area is 188 Å². The molecule has 31 heavy (non-hydrogen) atoms. The zero-order valence-corrected chi connectivity index (χ0v) is 19.4. The summed E-state index contributed by atoms with van der Waals surface area (Å²) in [6, 6.07) is 9.92. The number of ether oxygens (including phenoxy) is 1. The average molecular weight is 434 g/mol. The molecule has 0 fully saturated rings. The number of benzene rings is 1. The van der Waals surface area contributed by atoms with Gasteiger partial charge < -0.3 is 20.7 Å². The molecule has 0 saturated carbocycles. The van der Waals surface area contributed by atoms with E-state index in [0.29, 0.717) is 32.5 Å². The highest BCUT2D eigenvalue weighted by molar-refractivity contribution is 5.80. The van der Waals surface area contributed by atoms with Gasteiger partial charge >= 0.3 is 0 Å². The molecule has 0 aliphatic heterocycles. The molecule has 3 N–H and O–H groups in total. The second kappa shape index (κ2) is 20.0. The lowest BCUT2D eigenvalue weighted by Gasteiger charge is -2.18. The number of rotatable bonds is 21. The first-order valence-corrected chi connectivity index (χ1v) is 12.0. The predicted molar refractivity (Wildman–Crippen MR) is 127 cm³/mol. The average Bonchev–Trinajstić information content (AvgIpc) is 2.79. The molecule has 0 saturated heterocycles. The van der Waals surface area contributed by atoms with E-state index in [9.17, 15) is 9.59 Å². The van der Waals surface area contributed by atoms with Gasteiger partial charge in [-0.25, -0.2) is 0 Å². The van der Waals surface area contributed by atoms with Gasteiger partial charge in [-0.2, -0.15) is 0 Å². The molecule has 0 aliphatic rings. The van der Waals surface area contributed by atoms with E-state index >= 15 is 0 Å². The number of amides is 2. The van der Waals surface area contributed by atoms with Crippen LogP contribution in [0.4, 0.5) is 0 Å². The van der Waals surface area contributed by atoms with Crippen molar-refractivity contribution in [2.24, 2.45) is 0 Å². The molecule has 1 rings (SSSR count). The second-order valence-corrected chi connectivity index (χ2v) is 8.08. The van der Waals surface area contributed by atoms with Gasteiger partial charge in [-0.1, -0.05) is 68.9 Å². The van der Waals surface area contributed by atoms with Crippen LogP contribution in [0.15, 0.2) is 30.3 Å². The molecule has 1 aromatic rings. The van der Waals surface area contributed by atoms with Gasteiger partial charge in [0.15, 0.2) is 0 Å².